The van der Waals surface area contributed by atoms with Crippen molar-refractivity contribution < 1.29 is 9.90 Å². The lowest BCUT2D eigenvalue weighted by Gasteiger charge is -2.26. The Hall–Kier alpha value is -1.40. The van der Waals surface area contributed by atoms with Gasteiger partial charge in [0.15, 0.2) is 0 Å². The zero-order valence-corrected chi connectivity index (χ0v) is 11.6. The van der Waals surface area contributed by atoms with E-state index in [4.69, 9.17) is 10.8 Å². The third-order valence-electron chi connectivity index (χ3n) is 3.14. The fourth-order valence-corrected chi connectivity index (χ4v) is 3.01. The molecule has 1 aliphatic rings. The molecule has 19 heavy (non-hydrogen) atoms. The molecule has 1 saturated heterocycles. The van der Waals surface area contributed by atoms with Crippen LogP contribution in [0.5, 0.6) is 0 Å². The Labute approximate surface area is 117 Å². The minimum absolute atomic E-state index is 0.152. The molecule has 0 aliphatic carbocycles. The summed E-state index contributed by atoms with van der Waals surface area (Å²) in [5.74, 6) is 1.41. The molecule has 0 amide bonds. The highest BCUT2D eigenvalue weighted by Crippen LogP contribution is 2.17. The summed E-state index contributed by atoms with van der Waals surface area (Å²) in [4.78, 5) is 13.4. The van der Waals surface area contributed by atoms with Crippen molar-refractivity contribution in [2.24, 2.45) is 0 Å². The van der Waals surface area contributed by atoms with E-state index in [2.05, 4.69) is 10.2 Å². The highest BCUT2D eigenvalue weighted by atomic mass is 32.2. The molecule has 1 aromatic rings. The third-order valence-corrected chi connectivity index (χ3v) is 4.09. The number of benzene rings is 1. The number of nitrogens with one attached hydrogen (secondary N) is 1. The summed E-state index contributed by atoms with van der Waals surface area (Å²) in [5, 5.41) is 12.2. The maximum absolute atomic E-state index is 11.0. The van der Waals surface area contributed by atoms with Crippen LogP contribution in [0.2, 0.25) is 0 Å². The Morgan fingerprint density at radius 3 is 2.84 bits per heavy atom. The molecule has 1 heterocycles. The van der Waals surface area contributed by atoms with E-state index < -0.39 is 5.97 Å². The molecule has 0 atom stereocenters. The molecule has 4 N–H and O–H groups in total. The van der Waals surface area contributed by atoms with E-state index in [-0.39, 0.29) is 5.56 Å². The van der Waals surface area contributed by atoms with Gasteiger partial charge in [0.25, 0.3) is 0 Å². The van der Waals surface area contributed by atoms with Crippen molar-refractivity contribution in [2.75, 3.05) is 48.7 Å². The lowest BCUT2D eigenvalue weighted by atomic mass is 10.1. The zero-order chi connectivity index (χ0) is 13.7. The molecule has 0 aromatic heterocycles. The van der Waals surface area contributed by atoms with E-state index in [0.717, 1.165) is 31.9 Å². The van der Waals surface area contributed by atoms with Crippen LogP contribution in [0.1, 0.15) is 10.4 Å². The first-order chi connectivity index (χ1) is 9.16. The first-order valence-electron chi connectivity index (χ1n) is 6.33. The van der Waals surface area contributed by atoms with Crippen LogP contribution in [-0.2, 0) is 0 Å². The van der Waals surface area contributed by atoms with Gasteiger partial charge in [0.1, 0.15) is 0 Å². The van der Waals surface area contributed by atoms with Crippen molar-refractivity contribution in [1.29, 1.82) is 0 Å². The number of hydrogen-bond acceptors (Lipinski definition) is 5. The molecule has 6 heteroatoms. The number of thioether (sulfide) groups is 1. The van der Waals surface area contributed by atoms with Crippen LogP contribution in [-0.4, -0.2) is 53.7 Å². The highest BCUT2D eigenvalue weighted by Gasteiger charge is 2.10. The van der Waals surface area contributed by atoms with Crippen molar-refractivity contribution in [3.05, 3.63) is 23.8 Å². The lowest BCUT2D eigenvalue weighted by Crippen LogP contribution is -2.36. The van der Waals surface area contributed by atoms with Crippen molar-refractivity contribution in [2.45, 2.75) is 0 Å². The van der Waals surface area contributed by atoms with Crippen molar-refractivity contribution >= 4 is 29.1 Å². The number of nitrogens with zero attached hydrogens (tertiary/aromatic N) is 1. The second kappa shape index (κ2) is 6.68. The van der Waals surface area contributed by atoms with Gasteiger partial charge in [0, 0.05) is 49.1 Å². The van der Waals surface area contributed by atoms with Crippen molar-refractivity contribution in [3.8, 4) is 0 Å². The molecule has 1 aliphatic heterocycles. The third kappa shape index (κ3) is 4.04. The molecule has 5 nitrogen and oxygen atoms in total. The number of carbonyl (C=O) groups is 1. The van der Waals surface area contributed by atoms with Crippen LogP contribution in [0, 0.1) is 0 Å². The SMILES string of the molecule is Nc1ccc(NCCN2CCSCC2)cc1C(=O)O. The van der Waals surface area contributed by atoms with Gasteiger partial charge >= 0.3 is 5.97 Å². The minimum atomic E-state index is -0.991. The van der Waals surface area contributed by atoms with Crippen LogP contribution >= 0.6 is 11.8 Å². The Morgan fingerprint density at radius 2 is 2.16 bits per heavy atom. The van der Waals surface area contributed by atoms with Gasteiger partial charge in [0.05, 0.1) is 5.56 Å². The van der Waals surface area contributed by atoms with E-state index in [1.165, 1.54) is 11.5 Å². The fraction of sp³-hybridized carbons (Fsp3) is 0.462. The van der Waals surface area contributed by atoms with Crippen LogP contribution in [0.25, 0.3) is 0 Å². The van der Waals surface area contributed by atoms with Gasteiger partial charge in [-0.3, -0.25) is 4.90 Å². The highest BCUT2D eigenvalue weighted by molar-refractivity contribution is 7.99. The van der Waals surface area contributed by atoms with Gasteiger partial charge < -0.3 is 16.2 Å². The monoisotopic (exact) mass is 281 g/mol. The van der Waals surface area contributed by atoms with E-state index in [0.29, 0.717) is 5.69 Å². The molecule has 0 unspecified atom stereocenters. The van der Waals surface area contributed by atoms with E-state index in [9.17, 15) is 4.79 Å². The number of anilines is 2. The van der Waals surface area contributed by atoms with Gasteiger partial charge in [-0.2, -0.15) is 11.8 Å². The summed E-state index contributed by atoms with van der Waals surface area (Å²) in [6.45, 7) is 4.06. The summed E-state index contributed by atoms with van der Waals surface area (Å²) >= 11 is 1.99. The molecule has 0 bridgehead atoms. The van der Waals surface area contributed by atoms with Crippen LogP contribution in [0.15, 0.2) is 18.2 Å². The first-order valence-corrected chi connectivity index (χ1v) is 7.49. The maximum Gasteiger partial charge on any atom is 0.337 e. The zero-order valence-electron chi connectivity index (χ0n) is 10.8. The predicted octanol–water partition coefficient (Wildman–Crippen LogP) is 1.43. The summed E-state index contributed by atoms with van der Waals surface area (Å²) in [7, 11) is 0. The summed E-state index contributed by atoms with van der Waals surface area (Å²) in [5.41, 5.74) is 6.87. The molecule has 0 radical (unpaired) electrons. The Kier molecular flexibility index (Phi) is 4.93. The Morgan fingerprint density at radius 1 is 1.42 bits per heavy atom. The molecule has 2 rings (SSSR count). The van der Waals surface area contributed by atoms with E-state index >= 15 is 0 Å². The number of nitrogen functional groups attached to an aromatic ring is 1. The number of aromatic carboxylic acids is 1. The maximum atomic E-state index is 11.0. The second-order valence-corrected chi connectivity index (χ2v) is 5.71. The van der Waals surface area contributed by atoms with Gasteiger partial charge in [-0.15, -0.1) is 0 Å². The van der Waals surface area contributed by atoms with Gasteiger partial charge in [-0.05, 0) is 18.2 Å². The van der Waals surface area contributed by atoms with Crippen molar-refractivity contribution in [3.63, 3.8) is 0 Å². The summed E-state index contributed by atoms with van der Waals surface area (Å²) < 4.78 is 0. The molecule has 1 aromatic carbocycles. The Bertz CT molecular complexity index is 448. The number of nitrogens with two attached hydrogens (primary N) is 1. The number of hydrogen-bond donors (Lipinski definition) is 3. The van der Waals surface area contributed by atoms with Crippen LogP contribution < -0.4 is 11.1 Å². The normalized spacial score (nSPS) is 16.2. The van der Waals surface area contributed by atoms with Crippen molar-refractivity contribution in [1.82, 2.24) is 4.90 Å². The summed E-state index contributed by atoms with van der Waals surface area (Å²) in [6.07, 6.45) is 0. The molecule has 0 spiro atoms. The standard InChI is InChI=1S/C13H19N3O2S/c14-12-2-1-10(9-11(12)13(17)18)15-3-4-16-5-7-19-8-6-16/h1-2,9,15H,3-8,14H2,(H,17,18). The van der Waals surface area contributed by atoms with Gasteiger partial charge in [-0.25, -0.2) is 4.79 Å². The summed E-state index contributed by atoms with van der Waals surface area (Å²) in [6, 6.07) is 5.03. The Balaban J connectivity index is 1.85. The molecule has 104 valence electrons. The predicted molar refractivity (Wildman–Crippen MR) is 80.1 cm³/mol. The fourth-order valence-electron chi connectivity index (χ4n) is 2.03. The minimum Gasteiger partial charge on any atom is -0.478 e. The lowest BCUT2D eigenvalue weighted by molar-refractivity contribution is 0.0698. The topological polar surface area (TPSA) is 78.6 Å². The first kappa shape index (κ1) is 14.0. The van der Waals surface area contributed by atoms with E-state index in [1.54, 1.807) is 12.1 Å². The molecular weight excluding hydrogens is 262 g/mol. The molecule has 0 saturated carbocycles. The van der Waals surface area contributed by atoms with Gasteiger partial charge in [-0.1, -0.05) is 0 Å². The quantitative estimate of drug-likeness (QED) is 0.709. The van der Waals surface area contributed by atoms with E-state index in [1.807, 2.05) is 17.8 Å². The smallest absolute Gasteiger partial charge is 0.337 e. The second-order valence-electron chi connectivity index (χ2n) is 4.49. The average molecular weight is 281 g/mol. The molecule has 1 fully saturated rings. The number of carboxylic acids is 1. The average Bonchev–Trinajstić information content (AvgIpc) is 2.41. The largest absolute Gasteiger partial charge is 0.478 e. The van der Waals surface area contributed by atoms with Gasteiger partial charge in [0.2, 0.25) is 0 Å². The number of rotatable bonds is 5. The van der Waals surface area contributed by atoms with Crippen LogP contribution in [0.4, 0.5) is 11.4 Å². The number of carboxylic acid groups (broad SMARTS) is 1. The van der Waals surface area contributed by atoms with Crippen LogP contribution in [0.3, 0.4) is 0 Å². The molecular formula is C13H19N3O2S.